The van der Waals surface area contributed by atoms with E-state index in [9.17, 15) is 0 Å². The second kappa shape index (κ2) is 4.95. The highest BCUT2D eigenvalue weighted by Crippen LogP contribution is 2.35. The molecule has 0 aliphatic rings. The van der Waals surface area contributed by atoms with Gasteiger partial charge in [0.05, 0.1) is 10.0 Å². The highest BCUT2D eigenvalue weighted by atomic mass is 35.5. The van der Waals surface area contributed by atoms with E-state index < -0.39 is 0 Å². The zero-order chi connectivity index (χ0) is 11.5. The summed E-state index contributed by atoms with van der Waals surface area (Å²) in [4.78, 5) is 5.09. The fourth-order valence-electron chi connectivity index (χ4n) is 1.15. The minimum atomic E-state index is 0.524. The van der Waals surface area contributed by atoms with Gasteiger partial charge in [0.25, 0.3) is 0 Å². The summed E-state index contributed by atoms with van der Waals surface area (Å²) in [6, 6.07) is 9.23. The van der Waals surface area contributed by atoms with Gasteiger partial charge >= 0.3 is 0 Å². The van der Waals surface area contributed by atoms with Crippen LogP contribution in [0.2, 0.25) is 10.0 Å². The van der Waals surface area contributed by atoms with Crippen LogP contribution < -0.4 is 5.73 Å². The number of halogens is 2. The molecule has 1 aromatic heterocycles. The number of rotatable bonds is 2. The topological polar surface area (TPSA) is 38.9 Å². The summed E-state index contributed by atoms with van der Waals surface area (Å²) >= 11 is 13.2. The van der Waals surface area contributed by atoms with E-state index in [1.54, 1.807) is 12.3 Å². The standard InChI is InChI=1S/C11H8Cl2N2S/c12-7-5-8(13)11(15-6-7)16-10-4-2-1-3-9(10)14/h1-6H,14H2. The molecule has 1 aromatic carbocycles. The number of benzene rings is 1. The molecule has 0 unspecified atom stereocenters. The Bertz CT molecular complexity index is 517. The van der Waals surface area contributed by atoms with Crippen molar-refractivity contribution in [2.45, 2.75) is 9.92 Å². The van der Waals surface area contributed by atoms with Crippen LogP contribution in [0.3, 0.4) is 0 Å². The van der Waals surface area contributed by atoms with Gasteiger partial charge in [-0.15, -0.1) is 0 Å². The van der Waals surface area contributed by atoms with Crippen molar-refractivity contribution in [3.8, 4) is 0 Å². The van der Waals surface area contributed by atoms with Crippen molar-refractivity contribution in [2.75, 3.05) is 5.73 Å². The molecular weight excluding hydrogens is 263 g/mol. The van der Waals surface area contributed by atoms with Gasteiger partial charge in [-0.2, -0.15) is 0 Å². The number of para-hydroxylation sites is 1. The van der Waals surface area contributed by atoms with Crippen LogP contribution in [0.25, 0.3) is 0 Å². The summed E-state index contributed by atoms with van der Waals surface area (Å²) in [5.74, 6) is 0. The zero-order valence-corrected chi connectivity index (χ0v) is 10.5. The molecule has 0 saturated heterocycles. The van der Waals surface area contributed by atoms with Crippen molar-refractivity contribution in [1.82, 2.24) is 4.98 Å². The summed E-state index contributed by atoms with van der Waals surface area (Å²) in [6.07, 6.45) is 1.56. The third-order valence-electron chi connectivity index (χ3n) is 1.90. The van der Waals surface area contributed by atoms with E-state index in [2.05, 4.69) is 4.98 Å². The van der Waals surface area contributed by atoms with Crippen LogP contribution in [0.5, 0.6) is 0 Å². The van der Waals surface area contributed by atoms with Crippen LogP contribution in [0.1, 0.15) is 0 Å². The number of anilines is 1. The van der Waals surface area contributed by atoms with Crippen molar-refractivity contribution in [3.05, 3.63) is 46.6 Å². The minimum absolute atomic E-state index is 0.524. The minimum Gasteiger partial charge on any atom is -0.398 e. The third kappa shape index (κ3) is 2.61. The summed E-state index contributed by atoms with van der Waals surface area (Å²) < 4.78 is 0. The maximum Gasteiger partial charge on any atom is 0.120 e. The van der Waals surface area contributed by atoms with E-state index in [0.29, 0.717) is 20.8 Å². The Morgan fingerprint density at radius 2 is 1.94 bits per heavy atom. The SMILES string of the molecule is Nc1ccccc1Sc1ncc(Cl)cc1Cl. The Labute approximate surface area is 108 Å². The molecule has 2 N–H and O–H groups in total. The normalized spacial score (nSPS) is 10.4. The molecule has 0 fully saturated rings. The first-order chi connectivity index (χ1) is 7.66. The fourth-order valence-corrected chi connectivity index (χ4v) is 2.45. The van der Waals surface area contributed by atoms with Gasteiger partial charge in [0.1, 0.15) is 5.03 Å². The maximum atomic E-state index is 6.02. The number of pyridine rings is 1. The van der Waals surface area contributed by atoms with Crippen molar-refractivity contribution in [3.63, 3.8) is 0 Å². The third-order valence-corrected chi connectivity index (χ3v) is 3.62. The number of hydrogen-bond donors (Lipinski definition) is 1. The Hall–Kier alpha value is -0.900. The molecule has 0 saturated carbocycles. The van der Waals surface area contributed by atoms with Crippen LogP contribution in [-0.4, -0.2) is 4.98 Å². The first-order valence-electron chi connectivity index (χ1n) is 4.50. The molecule has 0 amide bonds. The van der Waals surface area contributed by atoms with Gasteiger partial charge < -0.3 is 5.73 Å². The van der Waals surface area contributed by atoms with Crippen LogP contribution in [0.4, 0.5) is 5.69 Å². The lowest BCUT2D eigenvalue weighted by atomic mass is 10.3. The molecular formula is C11H8Cl2N2S. The Morgan fingerprint density at radius 3 is 2.62 bits per heavy atom. The summed E-state index contributed by atoms with van der Waals surface area (Å²) in [5, 5.41) is 1.75. The molecule has 2 rings (SSSR count). The molecule has 5 heteroatoms. The molecule has 0 spiro atoms. The molecule has 2 aromatic rings. The first-order valence-corrected chi connectivity index (χ1v) is 6.07. The number of nitrogen functional groups attached to an aromatic ring is 1. The van der Waals surface area contributed by atoms with Gasteiger partial charge in [-0.25, -0.2) is 4.98 Å². The van der Waals surface area contributed by atoms with Crippen LogP contribution in [0, 0.1) is 0 Å². The van der Waals surface area contributed by atoms with Crippen molar-refractivity contribution >= 4 is 40.7 Å². The van der Waals surface area contributed by atoms with E-state index in [0.717, 1.165) is 4.90 Å². The smallest absolute Gasteiger partial charge is 0.120 e. The molecule has 0 atom stereocenters. The van der Waals surface area contributed by atoms with Gasteiger partial charge in [-0.1, -0.05) is 47.1 Å². The Kier molecular flexibility index (Phi) is 3.59. The largest absolute Gasteiger partial charge is 0.398 e. The van der Waals surface area contributed by atoms with Gasteiger partial charge in [-0.05, 0) is 18.2 Å². The first kappa shape index (κ1) is 11.6. The molecule has 0 aliphatic heterocycles. The second-order valence-corrected chi connectivity index (χ2v) is 4.95. The predicted octanol–water partition coefficient (Wildman–Crippen LogP) is 4.12. The highest BCUT2D eigenvalue weighted by molar-refractivity contribution is 7.99. The average molecular weight is 271 g/mol. The fraction of sp³-hybridized carbons (Fsp3) is 0. The Balaban J connectivity index is 2.31. The second-order valence-electron chi connectivity index (χ2n) is 3.08. The summed E-state index contributed by atoms with van der Waals surface area (Å²) in [5.41, 5.74) is 6.54. The monoisotopic (exact) mass is 270 g/mol. The molecule has 16 heavy (non-hydrogen) atoms. The maximum absolute atomic E-state index is 6.02. The molecule has 0 bridgehead atoms. The summed E-state index contributed by atoms with van der Waals surface area (Å²) in [6.45, 7) is 0. The van der Waals surface area contributed by atoms with Gasteiger partial charge in [0, 0.05) is 16.8 Å². The van der Waals surface area contributed by atoms with Crippen LogP contribution in [-0.2, 0) is 0 Å². The quantitative estimate of drug-likeness (QED) is 0.835. The lowest BCUT2D eigenvalue weighted by Crippen LogP contribution is -1.88. The molecule has 2 nitrogen and oxygen atoms in total. The van der Waals surface area contributed by atoms with Crippen LogP contribution >= 0.6 is 35.0 Å². The average Bonchev–Trinajstić information content (AvgIpc) is 2.25. The lowest BCUT2D eigenvalue weighted by molar-refractivity contribution is 1.13. The number of nitrogens with zero attached hydrogens (tertiary/aromatic N) is 1. The van der Waals surface area contributed by atoms with E-state index in [1.165, 1.54) is 11.8 Å². The molecule has 0 radical (unpaired) electrons. The van der Waals surface area contributed by atoms with Crippen molar-refractivity contribution in [2.24, 2.45) is 0 Å². The lowest BCUT2D eigenvalue weighted by Gasteiger charge is -2.05. The van der Waals surface area contributed by atoms with Gasteiger partial charge in [-0.3, -0.25) is 0 Å². The summed E-state index contributed by atoms with van der Waals surface area (Å²) in [7, 11) is 0. The van der Waals surface area contributed by atoms with Crippen molar-refractivity contribution in [1.29, 1.82) is 0 Å². The number of aromatic nitrogens is 1. The molecule has 0 aliphatic carbocycles. The van der Waals surface area contributed by atoms with Gasteiger partial charge in [0.15, 0.2) is 0 Å². The van der Waals surface area contributed by atoms with E-state index in [-0.39, 0.29) is 0 Å². The van der Waals surface area contributed by atoms with Gasteiger partial charge in [0.2, 0.25) is 0 Å². The van der Waals surface area contributed by atoms with E-state index in [4.69, 9.17) is 28.9 Å². The Morgan fingerprint density at radius 1 is 1.19 bits per heavy atom. The highest BCUT2D eigenvalue weighted by Gasteiger charge is 2.07. The van der Waals surface area contributed by atoms with Crippen LogP contribution in [0.15, 0.2) is 46.5 Å². The van der Waals surface area contributed by atoms with E-state index in [1.807, 2.05) is 24.3 Å². The zero-order valence-electron chi connectivity index (χ0n) is 8.15. The van der Waals surface area contributed by atoms with E-state index >= 15 is 0 Å². The number of hydrogen-bond acceptors (Lipinski definition) is 3. The van der Waals surface area contributed by atoms with Crippen molar-refractivity contribution < 1.29 is 0 Å². The molecule has 1 heterocycles. The predicted molar refractivity (Wildman–Crippen MR) is 69.2 cm³/mol. The number of nitrogens with two attached hydrogens (primary N) is 1. The molecule has 82 valence electrons.